The maximum absolute atomic E-state index is 10.3. The molecule has 2 N–H and O–H groups in total. The van der Waals surface area contributed by atoms with Crippen molar-refractivity contribution in [3.05, 3.63) is 35.5 Å². The molecule has 3 heterocycles. The predicted octanol–water partition coefficient (Wildman–Crippen LogP) is 3.21. The largest absolute Gasteiger partial charge is 0.389 e. The fourth-order valence-electron chi connectivity index (χ4n) is 4.69. The number of fused-ring (bicyclic) bond motifs is 1. The number of likely N-dealkylation sites (tertiary alicyclic amines) is 1. The highest BCUT2D eigenvalue weighted by Crippen LogP contribution is 2.35. The highest BCUT2D eigenvalue weighted by atomic mass is 16.5. The van der Waals surface area contributed by atoms with Crippen LogP contribution in [0.2, 0.25) is 0 Å². The number of aliphatic hydroxyl groups is 1. The van der Waals surface area contributed by atoms with Gasteiger partial charge in [-0.3, -0.25) is 0 Å². The van der Waals surface area contributed by atoms with Crippen molar-refractivity contribution in [2.24, 2.45) is 0 Å². The van der Waals surface area contributed by atoms with Crippen LogP contribution in [-0.4, -0.2) is 66.7 Å². The monoisotopic (exact) mass is 372 g/mol. The number of hydrogen-bond acceptors (Lipinski definition) is 4. The molecule has 2 fully saturated rings. The highest BCUT2D eigenvalue weighted by molar-refractivity contribution is 5.85. The summed E-state index contributed by atoms with van der Waals surface area (Å²) in [6, 6.07) is 8.61. The molecular formula is C22H32N2O3. The van der Waals surface area contributed by atoms with Gasteiger partial charge in [-0.2, -0.15) is 0 Å². The van der Waals surface area contributed by atoms with Crippen molar-refractivity contribution < 1.29 is 14.6 Å². The highest BCUT2D eigenvalue weighted by Gasteiger charge is 2.25. The molecule has 2 saturated heterocycles. The van der Waals surface area contributed by atoms with Crippen LogP contribution in [0.5, 0.6) is 0 Å². The Balaban J connectivity index is 1.24. The number of ether oxygens (including phenoxy) is 2. The first kappa shape index (κ1) is 18.9. The third-order valence-electron chi connectivity index (χ3n) is 6.05. The average molecular weight is 373 g/mol. The molecule has 5 nitrogen and oxygen atoms in total. The summed E-state index contributed by atoms with van der Waals surface area (Å²) in [5, 5.41) is 11.7. The zero-order valence-corrected chi connectivity index (χ0v) is 16.3. The number of rotatable bonds is 7. The number of aromatic amines is 1. The molecule has 2 aliphatic heterocycles. The van der Waals surface area contributed by atoms with E-state index >= 15 is 0 Å². The van der Waals surface area contributed by atoms with Gasteiger partial charge in [0.25, 0.3) is 0 Å². The molecule has 0 amide bonds. The van der Waals surface area contributed by atoms with Crippen LogP contribution in [0, 0.1) is 6.92 Å². The molecule has 0 radical (unpaired) electrons. The lowest BCUT2D eigenvalue weighted by Gasteiger charge is -2.33. The third-order valence-corrected chi connectivity index (χ3v) is 6.05. The standard InChI is InChI=1S/C22H32N2O3/c1-16-22(20-6-2-3-7-21(20)23-16)17-8-10-24(11-9-17)13-18(25)14-26-15-19-5-4-12-27-19/h2-3,6-7,17-19,23,25H,4-5,8-15H2,1H3. The van der Waals surface area contributed by atoms with Crippen LogP contribution in [-0.2, 0) is 9.47 Å². The number of aryl methyl sites for hydroxylation is 1. The van der Waals surface area contributed by atoms with Crippen LogP contribution in [0.25, 0.3) is 10.9 Å². The average Bonchev–Trinajstić information content (AvgIpc) is 3.29. The summed E-state index contributed by atoms with van der Waals surface area (Å²) in [6.07, 6.45) is 4.31. The molecule has 0 saturated carbocycles. The number of H-pyrrole nitrogens is 1. The van der Waals surface area contributed by atoms with E-state index < -0.39 is 6.10 Å². The Morgan fingerprint density at radius 2 is 2.07 bits per heavy atom. The summed E-state index contributed by atoms with van der Waals surface area (Å²) in [6.45, 7) is 6.82. The molecule has 0 bridgehead atoms. The Bertz CT molecular complexity index is 730. The minimum atomic E-state index is -0.419. The van der Waals surface area contributed by atoms with Gasteiger partial charge in [0.15, 0.2) is 0 Å². The molecule has 2 aliphatic rings. The van der Waals surface area contributed by atoms with Crippen LogP contribution in [0.15, 0.2) is 24.3 Å². The molecule has 4 rings (SSSR count). The predicted molar refractivity (Wildman–Crippen MR) is 107 cm³/mol. The number of nitrogens with one attached hydrogen (secondary N) is 1. The van der Waals surface area contributed by atoms with Crippen molar-refractivity contribution >= 4 is 10.9 Å². The second-order valence-corrected chi connectivity index (χ2v) is 8.11. The Morgan fingerprint density at radius 3 is 2.85 bits per heavy atom. The van der Waals surface area contributed by atoms with Gasteiger partial charge in [-0.05, 0) is 63.2 Å². The normalized spacial score (nSPS) is 23.3. The number of para-hydroxylation sites is 1. The zero-order chi connectivity index (χ0) is 18.6. The smallest absolute Gasteiger partial charge is 0.0900 e. The second-order valence-electron chi connectivity index (χ2n) is 8.11. The van der Waals surface area contributed by atoms with E-state index in [1.54, 1.807) is 0 Å². The van der Waals surface area contributed by atoms with E-state index in [-0.39, 0.29) is 6.10 Å². The van der Waals surface area contributed by atoms with Gasteiger partial charge in [-0.25, -0.2) is 0 Å². The van der Waals surface area contributed by atoms with Crippen molar-refractivity contribution in [2.45, 2.75) is 50.7 Å². The van der Waals surface area contributed by atoms with Crippen LogP contribution >= 0.6 is 0 Å². The molecular weight excluding hydrogens is 340 g/mol. The number of piperidine rings is 1. The van der Waals surface area contributed by atoms with Gasteiger partial charge in [-0.1, -0.05) is 18.2 Å². The lowest BCUT2D eigenvalue weighted by atomic mass is 9.87. The van der Waals surface area contributed by atoms with E-state index in [9.17, 15) is 5.11 Å². The Labute approximate surface area is 161 Å². The SMILES string of the molecule is Cc1[nH]c2ccccc2c1C1CCN(CC(O)COCC2CCCO2)CC1. The quantitative estimate of drug-likeness (QED) is 0.784. The van der Waals surface area contributed by atoms with Crippen LogP contribution in [0.3, 0.4) is 0 Å². The molecule has 0 aliphatic carbocycles. The molecule has 27 heavy (non-hydrogen) atoms. The molecule has 148 valence electrons. The lowest BCUT2D eigenvalue weighted by Crippen LogP contribution is -2.40. The molecule has 1 aromatic carbocycles. The number of aliphatic hydroxyl groups excluding tert-OH is 1. The summed E-state index contributed by atoms with van der Waals surface area (Å²) in [5.74, 6) is 0.602. The lowest BCUT2D eigenvalue weighted by molar-refractivity contribution is -0.0267. The minimum absolute atomic E-state index is 0.229. The van der Waals surface area contributed by atoms with Crippen molar-refractivity contribution in [2.75, 3.05) is 39.5 Å². The molecule has 5 heteroatoms. The zero-order valence-electron chi connectivity index (χ0n) is 16.3. The molecule has 2 atom stereocenters. The summed E-state index contributed by atoms with van der Waals surface area (Å²) in [7, 11) is 0. The van der Waals surface area contributed by atoms with Gasteiger partial charge >= 0.3 is 0 Å². The van der Waals surface area contributed by atoms with Gasteiger partial charge in [-0.15, -0.1) is 0 Å². The van der Waals surface area contributed by atoms with Crippen molar-refractivity contribution in [3.8, 4) is 0 Å². The van der Waals surface area contributed by atoms with E-state index in [0.29, 0.717) is 25.7 Å². The fraction of sp³-hybridized carbons (Fsp3) is 0.636. The van der Waals surface area contributed by atoms with E-state index in [4.69, 9.17) is 9.47 Å². The minimum Gasteiger partial charge on any atom is -0.389 e. The van der Waals surface area contributed by atoms with Crippen LogP contribution < -0.4 is 0 Å². The summed E-state index contributed by atoms with van der Waals surface area (Å²) >= 11 is 0. The molecule has 0 spiro atoms. The number of β-amino-alcohol motifs (C(OH)–C–C–N with tert-alkyl or cyclic N) is 1. The van der Waals surface area contributed by atoms with Crippen LogP contribution in [0.4, 0.5) is 0 Å². The van der Waals surface area contributed by atoms with Crippen LogP contribution in [0.1, 0.15) is 42.9 Å². The maximum atomic E-state index is 10.3. The number of benzene rings is 1. The Morgan fingerprint density at radius 1 is 1.26 bits per heavy atom. The Kier molecular flexibility index (Phi) is 6.13. The third kappa shape index (κ3) is 4.54. The van der Waals surface area contributed by atoms with Gasteiger partial charge in [0.1, 0.15) is 0 Å². The molecule has 1 aromatic heterocycles. The number of hydrogen-bond donors (Lipinski definition) is 2. The number of aromatic nitrogens is 1. The van der Waals surface area contributed by atoms with E-state index in [1.165, 1.54) is 22.2 Å². The van der Waals surface area contributed by atoms with Crippen molar-refractivity contribution in [1.82, 2.24) is 9.88 Å². The first-order chi connectivity index (χ1) is 13.2. The summed E-state index contributed by atoms with van der Waals surface area (Å²) in [4.78, 5) is 5.91. The van der Waals surface area contributed by atoms with E-state index in [2.05, 4.69) is 41.1 Å². The number of nitrogens with zero attached hydrogens (tertiary/aromatic N) is 1. The van der Waals surface area contributed by atoms with Gasteiger partial charge in [0, 0.05) is 29.7 Å². The Hall–Kier alpha value is -1.40. The second kappa shape index (κ2) is 8.74. The summed E-state index contributed by atoms with van der Waals surface area (Å²) < 4.78 is 11.2. The molecule has 2 aromatic rings. The summed E-state index contributed by atoms with van der Waals surface area (Å²) in [5.41, 5.74) is 4.04. The van der Waals surface area contributed by atoms with E-state index in [0.717, 1.165) is 45.4 Å². The van der Waals surface area contributed by atoms with Gasteiger partial charge in [0.05, 0.1) is 25.4 Å². The maximum Gasteiger partial charge on any atom is 0.0900 e. The van der Waals surface area contributed by atoms with Crippen molar-refractivity contribution in [3.63, 3.8) is 0 Å². The van der Waals surface area contributed by atoms with E-state index in [1.807, 2.05) is 0 Å². The first-order valence-electron chi connectivity index (χ1n) is 10.4. The molecule has 2 unspecified atom stereocenters. The van der Waals surface area contributed by atoms with Gasteiger partial charge < -0.3 is 24.5 Å². The van der Waals surface area contributed by atoms with Gasteiger partial charge in [0.2, 0.25) is 0 Å². The fourth-order valence-corrected chi connectivity index (χ4v) is 4.69. The topological polar surface area (TPSA) is 57.7 Å². The first-order valence-corrected chi connectivity index (χ1v) is 10.4. The van der Waals surface area contributed by atoms with Crippen molar-refractivity contribution in [1.29, 1.82) is 0 Å².